The van der Waals surface area contributed by atoms with E-state index in [2.05, 4.69) is 9.98 Å². The molecule has 0 spiro atoms. The molecule has 7 heteroatoms. The first-order valence-corrected chi connectivity index (χ1v) is 12.5. The Balaban J connectivity index is 1.79. The van der Waals surface area contributed by atoms with Gasteiger partial charge in [-0.1, -0.05) is 59.7 Å². The molecule has 0 aliphatic rings. The zero-order chi connectivity index (χ0) is 22.7. The average molecular weight is 463 g/mol. The van der Waals surface area contributed by atoms with E-state index < -0.39 is 15.7 Å². The van der Waals surface area contributed by atoms with E-state index in [9.17, 15) is 13.5 Å². The molecule has 0 bridgehead atoms. The summed E-state index contributed by atoms with van der Waals surface area (Å²) in [5.41, 5.74) is 3.89. The number of benzene rings is 3. The van der Waals surface area contributed by atoms with E-state index in [1.165, 1.54) is 17.4 Å². The van der Waals surface area contributed by atoms with Gasteiger partial charge in [-0.2, -0.15) is 0 Å². The fourth-order valence-corrected chi connectivity index (χ4v) is 5.07. The lowest BCUT2D eigenvalue weighted by Crippen LogP contribution is -2.12. The van der Waals surface area contributed by atoms with Crippen LogP contribution in [0.25, 0.3) is 22.1 Å². The first kappa shape index (κ1) is 21.9. The minimum atomic E-state index is -3.60. The zero-order valence-corrected chi connectivity index (χ0v) is 19.3. The molecule has 0 amide bonds. The Labute approximate surface area is 191 Å². The molecule has 0 fully saturated rings. The molecule has 4 aromatic rings. The number of aliphatic hydroxyl groups is 1. The van der Waals surface area contributed by atoms with Crippen LogP contribution >= 0.6 is 11.3 Å². The van der Waals surface area contributed by atoms with E-state index in [0.29, 0.717) is 15.9 Å². The zero-order valence-electron chi connectivity index (χ0n) is 17.7. The second kappa shape index (κ2) is 9.06. The number of aliphatic hydroxyl groups excluding tert-OH is 1. The van der Waals surface area contributed by atoms with Gasteiger partial charge in [-0.15, -0.1) is 11.3 Å². The Kier molecular flexibility index (Phi) is 6.21. The molecule has 1 heterocycles. The highest BCUT2D eigenvalue weighted by Crippen LogP contribution is 2.19. The van der Waals surface area contributed by atoms with Gasteiger partial charge in [0.15, 0.2) is 9.84 Å². The predicted octanol–water partition coefficient (Wildman–Crippen LogP) is 5.30. The normalized spacial score (nSPS) is 12.9. The van der Waals surface area contributed by atoms with Gasteiger partial charge in [-0.25, -0.2) is 13.4 Å². The summed E-state index contributed by atoms with van der Waals surface area (Å²) >= 11 is 1.34. The average Bonchev–Trinajstić information content (AvgIpc) is 2.78. The van der Waals surface area contributed by atoms with Crippen molar-refractivity contribution in [1.82, 2.24) is 4.98 Å². The fraction of sp³-hybridized carbons (Fsp3) is 0.120. The van der Waals surface area contributed by atoms with Crippen LogP contribution in [0.15, 0.2) is 82.7 Å². The highest BCUT2D eigenvalue weighted by Gasteiger charge is 2.14. The van der Waals surface area contributed by atoms with Crippen molar-refractivity contribution >= 4 is 43.2 Å². The summed E-state index contributed by atoms with van der Waals surface area (Å²) in [4.78, 5) is 9.26. The Hall–Kier alpha value is -3.29. The van der Waals surface area contributed by atoms with Gasteiger partial charge in [-0.3, -0.25) is 4.99 Å². The molecule has 162 valence electrons. The fourth-order valence-electron chi connectivity index (χ4n) is 3.08. The number of para-hydroxylation sites is 1. The first-order valence-electron chi connectivity index (χ1n) is 9.99. The quantitative estimate of drug-likeness (QED) is 0.408. The Bertz CT molecular complexity index is 1470. The van der Waals surface area contributed by atoms with Crippen LogP contribution in [0.1, 0.15) is 22.4 Å². The molecular formula is C25H22N2O3S2. The number of aromatic nitrogens is 1. The minimum Gasteiger partial charge on any atom is -0.507 e. The summed E-state index contributed by atoms with van der Waals surface area (Å²) in [6, 6.07) is 21.7. The molecule has 0 atom stereocenters. The van der Waals surface area contributed by atoms with E-state index in [1.54, 1.807) is 24.3 Å². The second-order valence-electron chi connectivity index (χ2n) is 7.48. The topological polar surface area (TPSA) is 79.6 Å². The predicted molar refractivity (Wildman–Crippen MR) is 130 cm³/mol. The maximum Gasteiger partial charge on any atom is 0.198 e. The highest BCUT2D eigenvalue weighted by atomic mass is 32.2. The molecule has 1 N–H and O–H groups in total. The van der Waals surface area contributed by atoms with Crippen LogP contribution in [0.5, 0.6) is 0 Å². The van der Waals surface area contributed by atoms with Gasteiger partial charge in [0.1, 0.15) is 22.0 Å². The lowest BCUT2D eigenvalue weighted by atomic mass is 10.1. The smallest absolute Gasteiger partial charge is 0.198 e. The van der Waals surface area contributed by atoms with E-state index in [4.69, 9.17) is 0 Å². The van der Waals surface area contributed by atoms with Crippen molar-refractivity contribution in [3.05, 3.63) is 99.9 Å². The Morgan fingerprint density at radius 3 is 2.28 bits per heavy atom. The molecule has 0 aliphatic heterocycles. The largest absolute Gasteiger partial charge is 0.507 e. The Morgan fingerprint density at radius 1 is 0.969 bits per heavy atom. The number of rotatable bonds is 5. The molecule has 0 radical (unpaired) electrons. The van der Waals surface area contributed by atoms with Gasteiger partial charge < -0.3 is 5.11 Å². The van der Waals surface area contributed by atoms with Crippen LogP contribution in [0.3, 0.4) is 0 Å². The van der Waals surface area contributed by atoms with Gasteiger partial charge in [0.25, 0.3) is 0 Å². The highest BCUT2D eigenvalue weighted by molar-refractivity contribution is 7.91. The summed E-state index contributed by atoms with van der Waals surface area (Å²) < 4.78 is 26.9. The third kappa shape index (κ3) is 4.95. The van der Waals surface area contributed by atoms with E-state index in [0.717, 1.165) is 21.3 Å². The number of sulfone groups is 1. The molecular weight excluding hydrogens is 440 g/mol. The third-order valence-electron chi connectivity index (χ3n) is 4.91. The maximum absolute atomic E-state index is 12.8. The molecule has 0 saturated heterocycles. The van der Waals surface area contributed by atoms with Gasteiger partial charge in [0.05, 0.1) is 15.1 Å². The van der Waals surface area contributed by atoms with E-state index in [1.807, 2.05) is 62.4 Å². The molecule has 0 unspecified atom stereocenters. The SMILES string of the molecule is Cc1ccc(C(O)=Cc2nc3ccccc3sc2=NCS(=O)(=O)c2ccc(C)cc2)cc1. The standard InChI is InChI=1S/C25H22N2O3S2/c1-17-7-11-19(12-8-17)23(28)15-22-25(31-24-6-4-3-5-21(24)27-22)26-16-32(29,30)20-13-9-18(2)10-14-20/h3-15,28H,16H2,1-2H3. The molecule has 0 saturated carbocycles. The van der Waals surface area contributed by atoms with Gasteiger partial charge in [0, 0.05) is 11.6 Å². The molecule has 5 nitrogen and oxygen atoms in total. The molecule has 0 aliphatic carbocycles. The maximum atomic E-state index is 12.8. The number of hydrogen-bond donors (Lipinski definition) is 1. The van der Waals surface area contributed by atoms with Crippen molar-refractivity contribution < 1.29 is 13.5 Å². The number of hydrogen-bond acceptors (Lipinski definition) is 6. The van der Waals surface area contributed by atoms with Crippen LogP contribution in [0.4, 0.5) is 0 Å². The van der Waals surface area contributed by atoms with Gasteiger partial charge in [-0.05, 0) is 38.1 Å². The van der Waals surface area contributed by atoms with Gasteiger partial charge >= 0.3 is 0 Å². The first-order chi connectivity index (χ1) is 15.3. The molecule has 1 aromatic heterocycles. The van der Waals surface area contributed by atoms with Crippen LogP contribution in [-0.2, 0) is 9.84 Å². The molecule has 32 heavy (non-hydrogen) atoms. The summed E-state index contributed by atoms with van der Waals surface area (Å²) in [7, 11) is -3.60. The summed E-state index contributed by atoms with van der Waals surface area (Å²) in [6.45, 7) is 3.88. The molecule has 3 aromatic carbocycles. The monoisotopic (exact) mass is 462 g/mol. The number of aryl methyl sites for hydroxylation is 2. The number of nitrogens with zero attached hydrogens (tertiary/aromatic N) is 2. The van der Waals surface area contributed by atoms with E-state index >= 15 is 0 Å². The molecule has 4 rings (SSSR count). The second-order valence-corrected chi connectivity index (χ2v) is 10.5. The lowest BCUT2D eigenvalue weighted by molar-refractivity contribution is 0.515. The summed E-state index contributed by atoms with van der Waals surface area (Å²) in [6.07, 6.45) is 1.53. The third-order valence-corrected chi connectivity index (χ3v) is 7.47. The van der Waals surface area contributed by atoms with Gasteiger partial charge in [0.2, 0.25) is 0 Å². The Morgan fingerprint density at radius 2 is 1.59 bits per heavy atom. The van der Waals surface area contributed by atoms with Crippen LogP contribution in [0, 0.1) is 13.8 Å². The van der Waals surface area contributed by atoms with Crippen LogP contribution < -0.4 is 4.67 Å². The van der Waals surface area contributed by atoms with Crippen molar-refractivity contribution in [3.63, 3.8) is 0 Å². The van der Waals surface area contributed by atoms with Crippen LogP contribution in [-0.4, -0.2) is 24.4 Å². The minimum absolute atomic E-state index is 0.0397. The van der Waals surface area contributed by atoms with Crippen molar-refractivity contribution in [2.75, 3.05) is 5.88 Å². The van der Waals surface area contributed by atoms with E-state index in [-0.39, 0.29) is 10.7 Å². The summed E-state index contributed by atoms with van der Waals surface area (Å²) in [5, 5.41) is 10.7. The lowest BCUT2D eigenvalue weighted by Gasteiger charge is -2.05. The van der Waals surface area contributed by atoms with Crippen molar-refractivity contribution in [2.45, 2.75) is 18.7 Å². The van der Waals surface area contributed by atoms with Crippen molar-refractivity contribution in [2.24, 2.45) is 4.99 Å². The van der Waals surface area contributed by atoms with Crippen molar-refractivity contribution in [1.29, 1.82) is 0 Å². The summed E-state index contributed by atoms with van der Waals surface area (Å²) in [5.74, 6) is -0.364. The van der Waals surface area contributed by atoms with Crippen molar-refractivity contribution in [3.8, 4) is 0 Å². The number of fused-ring (bicyclic) bond motifs is 1. The van der Waals surface area contributed by atoms with Crippen LogP contribution in [0.2, 0.25) is 0 Å².